The van der Waals surface area contributed by atoms with Crippen molar-refractivity contribution in [3.63, 3.8) is 0 Å². The first-order valence-corrected chi connectivity index (χ1v) is 6.33. The lowest BCUT2D eigenvalue weighted by Crippen LogP contribution is -2.35. The van der Waals surface area contributed by atoms with Crippen LogP contribution in [0.5, 0.6) is 0 Å². The second-order valence-corrected chi connectivity index (χ2v) is 5.64. The number of hydrogen-bond acceptors (Lipinski definition) is 4. The standard InChI is InChI=1S/C13H16F3N5/c1-12(2,3)19-6-10-5-18-11(7-17-10)21-8-9(4-20-21)13(14,15)16/h4-5,7-8,19H,6H2,1-3H3. The Morgan fingerprint density at radius 3 is 2.29 bits per heavy atom. The first kappa shape index (κ1) is 15.4. The average molecular weight is 299 g/mol. The molecule has 2 heterocycles. The number of aromatic nitrogens is 4. The first-order chi connectivity index (χ1) is 9.65. The van der Waals surface area contributed by atoms with E-state index >= 15 is 0 Å². The Morgan fingerprint density at radius 2 is 1.81 bits per heavy atom. The normalized spacial score (nSPS) is 12.7. The van der Waals surface area contributed by atoms with Crippen molar-refractivity contribution in [2.75, 3.05) is 0 Å². The first-order valence-electron chi connectivity index (χ1n) is 6.33. The van der Waals surface area contributed by atoms with E-state index in [4.69, 9.17) is 0 Å². The summed E-state index contributed by atoms with van der Waals surface area (Å²) in [5, 5.41) is 6.89. The molecule has 21 heavy (non-hydrogen) atoms. The molecule has 0 aliphatic carbocycles. The van der Waals surface area contributed by atoms with Crippen molar-refractivity contribution < 1.29 is 13.2 Å². The van der Waals surface area contributed by atoms with Gasteiger partial charge in [-0.2, -0.15) is 18.3 Å². The molecule has 0 atom stereocenters. The molecule has 0 saturated carbocycles. The van der Waals surface area contributed by atoms with Crippen LogP contribution in [0.4, 0.5) is 13.2 Å². The highest BCUT2D eigenvalue weighted by molar-refractivity contribution is 5.21. The van der Waals surface area contributed by atoms with Gasteiger partial charge in [0.2, 0.25) is 0 Å². The topological polar surface area (TPSA) is 55.6 Å². The Bertz CT molecular complexity index is 596. The average Bonchev–Trinajstić information content (AvgIpc) is 2.85. The minimum absolute atomic E-state index is 0.0516. The summed E-state index contributed by atoms with van der Waals surface area (Å²) in [4.78, 5) is 8.24. The number of nitrogens with one attached hydrogen (secondary N) is 1. The molecular formula is C13H16F3N5. The third kappa shape index (κ3) is 4.25. The van der Waals surface area contributed by atoms with E-state index < -0.39 is 11.7 Å². The summed E-state index contributed by atoms with van der Waals surface area (Å²) >= 11 is 0. The molecule has 2 aromatic heterocycles. The van der Waals surface area contributed by atoms with Gasteiger partial charge in [0.05, 0.1) is 29.8 Å². The summed E-state index contributed by atoms with van der Waals surface area (Å²) in [6, 6.07) is 0. The smallest absolute Gasteiger partial charge is 0.306 e. The van der Waals surface area contributed by atoms with Gasteiger partial charge in [-0.05, 0) is 20.8 Å². The molecule has 0 bridgehead atoms. The number of alkyl halides is 3. The maximum absolute atomic E-state index is 12.5. The highest BCUT2D eigenvalue weighted by Gasteiger charge is 2.32. The highest BCUT2D eigenvalue weighted by Crippen LogP contribution is 2.28. The number of nitrogens with zero attached hydrogens (tertiary/aromatic N) is 4. The monoisotopic (exact) mass is 299 g/mol. The SMILES string of the molecule is CC(C)(C)NCc1cnc(-n2cc(C(F)(F)F)cn2)cn1. The summed E-state index contributed by atoms with van der Waals surface area (Å²) in [5.41, 5.74) is -0.163. The minimum atomic E-state index is -4.41. The van der Waals surface area contributed by atoms with Crippen LogP contribution in [0.2, 0.25) is 0 Å². The van der Waals surface area contributed by atoms with Crippen molar-refractivity contribution >= 4 is 0 Å². The quantitative estimate of drug-likeness (QED) is 0.946. The molecule has 114 valence electrons. The van der Waals surface area contributed by atoms with Crippen LogP contribution < -0.4 is 5.32 Å². The molecule has 0 fully saturated rings. The van der Waals surface area contributed by atoms with Crippen molar-refractivity contribution in [3.8, 4) is 5.82 Å². The van der Waals surface area contributed by atoms with Gasteiger partial charge in [-0.1, -0.05) is 0 Å². The largest absolute Gasteiger partial charge is 0.419 e. The van der Waals surface area contributed by atoms with Gasteiger partial charge in [-0.3, -0.25) is 4.98 Å². The van der Waals surface area contributed by atoms with Crippen LogP contribution >= 0.6 is 0 Å². The minimum Gasteiger partial charge on any atom is -0.306 e. The predicted octanol–water partition coefficient (Wildman–Crippen LogP) is 2.57. The van der Waals surface area contributed by atoms with Crippen molar-refractivity contribution in [2.45, 2.75) is 39.0 Å². The number of hydrogen-bond donors (Lipinski definition) is 1. The van der Waals surface area contributed by atoms with Gasteiger partial charge >= 0.3 is 6.18 Å². The van der Waals surface area contributed by atoms with Gasteiger partial charge < -0.3 is 5.32 Å². The lowest BCUT2D eigenvalue weighted by Gasteiger charge is -2.19. The van der Waals surface area contributed by atoms with Gasteiger partial charge in [0.1, 0.15) is 0 Å². The second-order valence-electron chi connectivity index (χ2n) is 5.64. The fourth-order valence-corrected chi connectivity index (χ4v) is 1.51. The third-order valence-corrected chi connectivity index (χ3v) is 2.64. The van der Waals surface area contributed by atoms with E-state index in [0.29, 0.717) is 12.2 Å². The molecule has 5 nitrogen and oxygen atoms in total. The van der Waals surface area contributed by atoms with Gasteiger partial charge in [0, 0.05) is 18.3 Å². The van der Waals surface area contributed by atoms with E-state index in [0.717, 1.165) is 17.1 Å². The maximum Gasteiger partial charge on any atom is 0.419 e. The molecule has 8 heteroatoms. The maximum atomic E-state index is 12.5. The molecule has 0 aliphatic rings. The molecule has 0 saturated heterocycles. The fraction of sp³-hybridized carbons (Fsp3) is 0.462. The molecular weight excluding hydrogens is 283 g/mol. The highest BCUT2D eigenvalue weighted by atomic mass is 19.4. The molecule has 0 aliphatic heterocycles. The molecule has 0 amide bonds. The van der Waals surface area contributed by atoms with Crippen LogP contribution in [0, 0.1) is 0 Å². The Kier molecular flexibility index (Phi) is 3.99. The molecule has 0 unspecified atom stereocenters. The van der Waals surface area contributed by atoms with E-state index in [1.54, 1.807) is 0 Å². The van der Waals surface area contributed by atoms with Crippen molar-refractivity contribution in [3.05, 3.63) is 36.0 Å². The Labute approximate surface area is 120 Å². The summed E-state index contributed by atoms with van der Waals surface area (Å²) in [7, 11) is 0. The molecule has 1 N–H and O–H groups in total. The van der Waals surface area contributed by atoms with E-state index in [1.807, 2.05) is 20.8 Å². The van der Waals surface area contributed by atoms with Crippen LogP contribution in [0.3, 0.4) is 0 Å². The summed E-state index contributed by atoms with van der Waals surface area (Å²) < 4.78 is 38.5. The van der Waals surface area contributed by atoms with E-state index in [2.05, 4.69) is 20.4 Å². The number of rotatable bonds is 3. The van der Waals surface area contributed by atoms with Gasteiger partial charge in [-0.15, -0.1) is 0 Å². The van der Waals surface area contributed by atoms with Crippen molar-refractivity contribution in [1.82, 2.24) is 25.1 Å². The van der Waals surface area contributed by atoms with Crippen LogP contribution in [0.25, 0.3) is 5.82 Å². The zero-order chi connectivity index (χ0) is 15.7. The van der Waals surface area contributed by atoms with Gasteiger partial charge in [-0.25, -0.2) is 9.67 Å². The lowest BCUT2D eigenvalue weighted by atomic mass is 10.1. The molecule has 0 aromatic carbocycles. The van der Waals surface area contributed by atoms with E-state index in [-0.39, 0.29) is 11.4 Å². The van der Waals surface area contributed by atoms with Crippen LogP contribution in [-0.2, 0) is 12.7 Å². The summed E-state index contributed by atoms with van der Waals surface area (Å²) in [6.45, 7) is 6.61. The molecule has 0 radical (unpaired) electrons. The van der Waals surface area contributed by atoms with E-state index in [9.17, 15) is 13.2 Å². The summed E-state index contributed by atoms with van der Waals surface area (Å²) in [5.74, 6) is 0.241. The van der Waals surface area contributed by atoms with Gasteiger partial charge in [0.15, 0.2) is 5.82 Å². The second kappa shape index (κ2) is 5.44. The Morgan fingerprint density at radius 1 is 1.10 bits per heavy atom. The van der Waals surface area contributed by atoms with Crippen LogP contribution in [0.15, 0.2) is 24.8 Å². The number of halogens is 3. The molecule has 2 aromatic rings. The van der Waals surface area contributed by atoms with Crippen molar-refractivity contribution in [1.29, 1.82) is 0 Å². The summed E-state index contributed by atoms with van der Waals surface area (Å²) in [6.07, 6.45) is 0.145. The zero-order valence-corrected chi connectivity index (χ0v) is 11.9. The predicted molar refractivity (Wildman–Crippen MR) is 70.7 cm³/mol. The molecule has 2 rings (SSSR count). The van der Waals surface area contributed by atoms with Crippen LogP contribution in [0.1, 0.15) is 32.0 Å². The lowest BCUT2D eigenvalue weighted by molar-refractivity contribution is -0.137. The molecule has 0 spiro atoms. The zero-order valence-electron chi connectivity index (χ0n) is 11.9. The van der Waals surface area contributed by atoms with Crippen molar-refractivity contribution in [2.24, 2.45) is 0 Å². The Balaban J connectivity index is 2.10. The fourth-order valence-electron chi connectivity index (χ4n) is 1.51. The van der Waals surface area contributed by atoms with Gasteiger partial charge in [0.25, 0.3) is 0 Å². The van der Waals surface area contributed by atoms with E-state index in [1.165, 1.54) is 12.4 Å². The Hall–Kier alpha value is -1.96. The third-order valence-electron chi connectivity index (χ3n) is 2.64. The van der Waals surface area contributed by atoms with Crippen LogP contribution in [-0.4, -0.2) is 25.3 Å².